The number of primary amides is 1. The van der Waals surface area contributed by atoms with Crippen molar-refractivity contribution in [3.05, 3.63) is 24.3 Å². The maximum absolute atomic E-state index is 10.9. The molecule has 1 amide bonds. The number of ether oxygens (including phenoxy) is 1. The lowest BCUT2D eigenvalue weighted by molar-refractivity contribution is -0.117. The number of amides is 1. The van der Waals surface area contributed by atoms with Gasteiger partial charge in [0, 0.05) is 0 Å². The smallest absolute Gasteiger partial charge is 0.251 e. The van der Waals surface area contributed by atoms with Gasteiger partial charge in [-0.15, -0.1) is 0 Å². The van der Waals surface area contributed by atoms with Gasteiger partial charge in [-0.2, -0.15) is 10.2 Å². The number of amidine groups is 1. The molecular formula is C10H13N5O2. The van der Waals surface area contributed by atoms with Crippen LogP contribution in [0.2, 0.25) is 0 Å². The van der Waals surface area contributed by atoms with Gasteiger partial charge in [-0.3, -0.25) is 10.2 Å². The number of hydrogen-bond donors (Lipinski definition) is 3. The van der Waals surface area contributed by atoms with Crippen LogP contribution in [0.25, 0.3) is 0 Å². The van der Waals surface area contributed by atoms with Gasteiger partial charge in [-0.25, -0.2) is 0 Å². The van der Waals surface area contributed by atoms with Crippen molar-refractivity contribution in [2.75, 3.05) is 7.11 Å². The van der Waals surface area contributed by atoms with Crippen molar-refractivity contribution in [3.8, 4) is 5.75 Å². The molecule has 0 saturated carbocycles. The fourth-order valence-electron chi connectivity index (χ4n) is 1.05. The molecule has 0 heterocycles. The summed E-state index contributed by atoms with van der Waals surface area (Å²) in [6.45, 7) is 0. The van der Waals surface area contributed by atoms with Gasteiger partial charge in [0.1, 0.15) is 11.6 Å². The highest BCUT2D eigenvalue weighted by Crippen LogP contribution is 2.18. The predicted octanol–water partition coefficient (Wildman–Crippen LogP) is 0.569. The first kappa shape index (κ1) is 12.6. The van der Waals surface area contributed by atoms with E-state index < -0.39 is 17.8 Å². The number of methoxy groups -OCH3 is 1. The molecule has 5 N–H and O–H groups in total. The van der Waals surface area contributed by atoms with Crippen molar-refractivity contribution < 1.29 is 9.53 Å². The van der Waals surface area contributed by atoms with Crippen LogP contribution in [0.1, 0.15) is 0 Å². The zero-order valence-corrected chi connectivity index (χ0v) is 9.25. The van der Waals surface area contributed by atoms with Crippen molar-refractivity contribution in [2.24, 2.45) is 21.7 Å². The SMILES string of the molecule is COc1ccc(N=N[C@H](C(=N)N)C(N)=O)cc1. The van der Waals surface area contributed by atoms with E-state index in [1.165, 1.54) is 0 Å². The van der Waals surface area contributed by atoms with E-state index in [0.717, 1.165) is 0 Å². The summed E-state index contributed by atoms with van der Waals surface area (Å²) in [7, 11) is 1.55. The van der Waals surface area contributed by atoms with Gasteiger partial charge < -0.3 is 16.2 Å². The zero-order valence-electron chi connectivity index (χ0n) is 9.25. The van der Waals surface area contributed by atoms with E-state index in [1.807, 2.05) is 0 Å². The van der Waals surface area contributed by atoms with E-state index in [1.54, 1.807) is 31.4 Å². The average molecular weight is 235 g/mol. The molecule has 7 nitrogen and oxygen atoms in total. The Morgan fingerprint density at radius 3 is 2.35 bits per heavy atom. The summed E-state index contributed by atoms with van der Waals surface area (Å²) in [6, 6.07) is 5.47. The number of hydrogen-bond acceptors (Lipinski definition) is 5. The molecule has 0 spiro atoms. The maximum atomic E-state index is 10.9. The lowest BCUT2D eigenvalue weighted by atomic mass is 10.3. The van der Waals surface area contributed by atoms with Crippen LogP contribution in [-0.2, 0) is 4.79 Å². The molecule has 1 atom stereocenters. The predicted molar refractivity (Wildman–Crippen MR) is 62.4 cm³/mol. The molecule has 0 aliphatic carbocycles. The third-order valence-corrected chi connectivity index (χ3v) is 1.93. The van der Waals surface area contributed by atoms with Crippen molar-refractivity contribution >= 4 is 17.4 Å². The largest absolute Gasteiger partial charge is 0.497 e. The van der Waals surface area contributed by atoms with Crippen LogP contribution in [0.5, 0.6) is 5.75 Å². The van der Waals surface area contributed by atoms with Crippen molar-refractivity contribution in [1.29, 1.82) is 5.41 Å². The quantitative estimate of drug-likeness (QED) is 0.392. The minimum absolute atomic E-state index is 0.435. The minimum Gasteiger partial charge on any atom is -0.497 e. The number of rotatable bonds is 5. The number of azo groups is 1. The fourth-order valence-corrected chi connectivity index (χ4v) is 1.05. The highest BCUT2D eigenvalue weighted by atomic mass is 16.5. The minimum atomic E-state index is -1.22. The zero-order chi connectivity index (χ0) is 12.8. The topological polar surface area (TPSA) is 127 Å². The summed E-state index contributed by atoms with van der Waals surface area (Å²) < 4.78 is 4.97. The molecule has 0 aliphatic heterocycles. The maximum Gasteiger partial charge on any atom is 0.251 e. The second kappa shape index (κ2) is 5.59. The molecule has 1 aromatic carbocycles. The second-order valence-electron chi connectivity index (χ2n) is 3.17. The Bertz CT molecular complexity index is 427. The van der Waals surface area contributed by atoms with E-state index in [-0.39, 0.29) is 0 Å². The highest BCUT2D eigenvalue weighted by molar-refractivity contribution is 6.04. The number of benzene rings is 1. The van der Waals surface area contributed by atoms with Crippen LogP contribution in [0.3, 0.4) is 0 Å². The van der Waals surface area contributed by atoms with Crippen LogP contribution in [0, 0.1) is 5.41 Å². The van der Waals surface area contributed by atoms with Crippen molar-refractivity contribution in [1.82, 2.24) is 0 Å². The first-order valence-corrected chi connectivity index (χ1v) is 4.72. The molecule has 0 radical (unpaired) electrons. The molecule has 0 aromatic heterocycles. The van der Waals surface area contributed by atoms with Crippen molar-refractivity contribution in [2.45, 2.75) is 6.04 Å². The van der Waals surface area contributed by atoms with Gasteiger partial charge in [0.25, 0.3) is 5.91 Å². The van der Waals surface area contributed by atoms with E-state index in [9.17, 15) is 4.79 Å². The van der Waals surface area contributed by atoms with Gasteiger partial charge in [0.15, 0.2) is 0 Å². The normalized spacial score (nSPS) is 12.3. The third-order valence-electron chi connectivity index (χ3n) is 1.93. The standard InChI is InChI=1S/C10H13N5O2/c1-17-7-4-2-6(3-5-7)14-15-8(9(11)12)10(13)16/h2-5,8H,1H3,(H3,11,12)(H2,13,16)/t8-/m1/s1. The van der Waals surface area contributed by atoms with Gasteiger partial charge in [-0.1, -0.05) is 0 Å². The summed E-state index contributed by atoms with van der Waals surface area (Å²) in [5.41, 5.74) is 10.7. The van der Waals surface area contributed by atoms with Crippen molar-refractivity contribution in [3.63, 3.8) is 0 Å². The average Bonchev–Trinajstić information content (AvgIpc) is 2.29. The summed E-state index contributed by atoms with van der Waals surface area (Å²) >= 11 is 0. The molecule has 0 unspecified atom stereocenters. The van der Waals surface area contributed by atoms with E-state index in [4.69, 9.17) is 21.6 Å². The molecule has 17 heavy (non-hydrogen) atoms. The van der Waals surface area contributed by atoms with Crippen LogP contribution in [0.15, 0.2) is 34.5 Å². The van der Waals surface area contributed by atoms with Gasteiger partial charge in [-0.05, 0) is 24.3 Å². The fraction of sp³-hybridized carbons (Fsp3) is 0.200. The summed E-state index contributed by atoms with van der Waals surface area (Å²) in [6.07, 6.45) is 0. The Balaban J connectivity index is 2.81. The lowest BCUT2D eigenvalue weighted by Gasteiger charge is -2.03. The molecule has 0 aliphatic rings. The second-order valence-corrected chi connectivity index (χ2v) is 3.17. The first-order chi connectivity index (χ1) is 8.04. The lowest BCUT2D eigenvalue weighted by Crippen LogP contribution is -2.38. The van der Waals surface area contributed by atoms with E-state index in [0.29, 0.717) is 11.4 Å². The van der Waals surface area contributed by atoms with Crippen LogP contribution in [0.4, 0.5) is 5.69 Å². The van der Waals surface area contributed by atoms with E-state index >= 15 is 0 Å². The highest BCUT2D eigenvalue weighted by Gasteiger charge is 2.17. The number of carbonyl (C=O) groups is 1. The van der Waals surface area contributed by atoms with Gasteiger partial charge >= 0.3 is 0 Å². The monoisotopic (exact) mass is 235 g/mol. The van der Waals surface area contributed by atoms with Crippen LogP contribution >= 0.6 is 0 Å². The molecule has 1 aromatic rings. The van der Waals surface area contributed by atoms with Crippen LogP contribution in [-0.4, -0.2) is 24.9 Å². The molecular weight excluding hydrogens is 222 g/mol. The Morgan fingerprint density at radius 2 is 1.94 bits per heavy atom. The Hall–Kier alpha value is -2.44. The molecule has 90 valence electrons. The number of nitrogens with one attached hydrogen (secondary N) is 1. The summed E-state index contributed by atoms with van der Waals surface area (Å²) in [5, 5.41) is 14.5. The molecule has 0 bridgehead atoms. The molecule has 0 fully saturated rings. The summed E-state index contributed by atoms with van der Waals surface area (Å²) in [4.78, 5) is 10.9. The Kier molecular flexibility index (Phi) is 4.15. The molecule has 7 heteroatoms. The number of nitrogens with two attached hydrogens (primary N) is 2. The van der Waals surface area contributed by atoms with Gasteiger partial charge in [0.2, 0.25) is 6.04 Å². The van der Waals surface area contributed by atoms with E-state index in [2.05, 4.69) is 10.2 Å². The Morgan fingerprint density at radius 1 is 1.35 bits per heavy atom. The first-order valence-electron chi connectivity index (χ1n) is 4.72. The number of carbonyl (C=O) groups excluding carboxylic acids is 1. The molecule has 1 rings (SSSR count). The Labute approximate surface area is 98.0 Å². The van der Waals surface area contributed by atoms with Crippen LogP contribution < -0.4 is 16.2 Å². The van der Waals surface area contributed by atoms with Gasteiger partial charge in [0.05, 0.1) is 12.8 Å². The number of nitrogens with zero attached hydrogens (tertiary/aromatic N) is 2. The summed E-state index contributed by atoms with van der Waals surface area (Å²) in [5.74, 6) is -0.563. The molecule has 0 saturated heterocycles. The third kappa shape index (κ3) is 3.56.